The van der Waals surface area contributed by atoms with E-state index in [-0.39, 0.29) is 11.8 Å². The lowest BCUT2D eigenvalue weighted by molar-refractivity contribution is -0.122. The molecule has 1 aliphatic carbocycles. The van der Waals surface area contributed by atoms with Crippen LogP contribution in [-0.2, 0) is 9.53 Å². The van der Waals surface area contributed by atoms with Gasteiger partial charge in [-0.2, -0.15) is 0 Å². The molecule has 1 aliphatic heterocycles. The van der Waals surface area contributed by atoms with Gasteiger partial charge in [0.25, 0.3) is 5.91 Å². The quantitative estimate of drug-likeness (QED) is 0.811. The Balaban J connectivity index is 1.80. The van der Waals surface area contributed by atoms with Crippen LogP contribution in [0, 0.1) is 6.92 Å². The zero-order valence-electron chi connectivity index (χ0n) is 16.8. The molecule has 1 aromatic carbocycles. The first-order chi connectivity index (χ1) is 14.1. The number of fused-ring (bicyclic) bond motifs is 1. The van der Waals surface area contributed by atoms with Crippen molar-refractivity contribution < 1.29 is 14.3 Å². The number of nitrogens with one attached hydrogen (secondary N) is 1. The third-order valence-corrected chi connectivity index (χ3v) is 6.83. The van der Waals surface area contributed by atoms with E-state index in [9.17, 15) is 9.59 Å². The number of carbonyl (C=O) groups excluding carboxylic acids is 2. The molecule has 0 unspecified atom stereocenters. The summed E-state index contributed by atoms with van der Waals surface area (Å²) in [6.45, 7) is 2.78. The number of carbonyl (C=O) groups is 2. The molecular formula is C21H26N4O3S. The monoisotopic (exact) mass is 414 g/mol. The summed E-state index contributed by atoms with van der Waals surface area (Å²) in [7, 11) is 1.64. The van der Waals surface area contributed by atoms with Crippen LogP contribution in [0.4, 0.5) is 5.13 Å². The highest BCUT2D eigenvalue weighted by atomic mass is 32.1. The smallest absolute Gasteiger partial charge is 0.254 e. The third-order valence-electron chi connectivity index (χ3n) is 6.08. The first-order valence-electron chi connectivity index (χ1n) is 10.1. The second-order valence-electron chi connectivity index (χ2n) is 7.75. The number of methoxy groups -OCH3 is 1. The average Bonchev–Trinajstić information content (AvgIpc) is 3.13. The maximum absolute atomic E-state index is 13.6. The van der Waals surface area contributed by atoms with Gasteiger partial charge in [0.15, 0.2) is 0 Å². The van der Waals surface area contributed by atoms with Crippen LogP contribution in [0.5, 0.6) is 0 Å². The number of rotatable bonds is 5. The van der Waals surface area contributed by atoms with Gasteiger partial charge in [0, 0.05) is 19.2 Å². The molecule has 0 radical (unpaired) electrons. The first kappa shape index (κ1) is 20.0. The van der Waals surface area contributed by atoms with E-state index in [1.807, 2.05) is 36.1 Å². The molecule has 8 heteroatoms. The predicted molar refractivity (Wildman–Crippen MR) is 111 cm³/mol. The zero-order valence-corrected chi connectivity index (χ0v) is 17.6. The van der Waals surface area contributed by atoms with Crippen LogP contribution in [0.1, 0.15) is 59.0 Å². The van der Waals surface area contributed by atoms with Crippen molar-refractivity contribution in [2.75, 3.05) is 25.6 Å². The number of anilines is 1. The standard InChI is InChI=1S/C21H26N4O3S/c1-14-23-24-20(29-14)22-18(26)17-15-8-4-5-9-16(15)19(27)25(12-13-28-2)21(17)10-6-3-7-11-21/h4-5,8-9,17H,3,6-7,10-13H2,1-2H3,(H,22,24,26)/t17-/m1/s1. The number of hydrogen-bond acceptors (Lipinski definition) is 6. The fraction of sp³-hybridized carbons (Fsp3) is 0.524. The predicted octanol–water partition coefficient (Wildman–Crippen LogP) is 3.37. The van der Waals surface area contributed by atoms with Crippen LogP contribution in [0.25, 0.3) is 0 Å². The normalized spacial score (nSPS) is 20.6. The Kier molecular flexibility index (Phi) is 5.65. The van der Waals surface area contributed by atoms with Gasteiger partial charge in [-0.05, 0) is 31.4 Å². The van der Waals surface area contributed by atoms with E-state index in [0.29, 0.717) is 23.8 Å². The lowest BCUT2D eigenvalue weighted by Crippen LogP contribution is -2.62. The van der Waals surface area contributed by atoms with Gasteiger partial charge in [-0.1, -0.05) is 48.8 Å². The average molecular weight is 415 g/mol. The molecule has 2 heterocycles. The summed E-state index contributed by atoms with van der Waals surface area (Å²) in [5.41, 5.74) is 0.881. The van der Waals surface area contributed by atoms with E-state index in [0.717, 1.165) is 42.7 Å². The Morgan fingerprint density at radius 1 is 1.28 bits per heavy atom. The summed E-state index contributed by atoms with van der Waals surface area (Å²) in [5, 5.41) is 12.3. The Hall–Kier alpha value is -2.32. The Bertz CT molecular complexity index is 907. The second kappa shape index (κ2) is 8.20. The van der Waals surface area contributed by atoms with Crippen molar-refractivity contribution in [1.29, 1.82) is 0 Å². The largest absolute Gasteiger partial charge is 0.383 e. The second-order valence-corrected chi connectivity index (χ2v) is 8.93. The SMILES string of the molecule is COCCN1C(=O)c2ccccc2[C@H](C(=O)Nc2nnc(C)s2)C12CCCCC2. The summed E-state index contributed by atoms with van der Waals surface area (Å²) in [6, 6.07) is 7.51. The summed E-state index contributed by atoms with van der Waals surface area (Å²) < 4.78 is 5.30. The summed E-state index contributed by atoms with van der Waals surface area (Å²) in [4.78, 5) is 29.0. The molecular weight excluding hydrogens is 388 g/mol. The lowest BCUT2D eigenvalue weighted by Gasteiger charge is -2.53. The number of amides is 2. The minimum Gasteiger partial charge on any atom is -0.383 e. The molecule has 2 amide bonds. The van der Waals surface area contributed by atoms with Crippen LogP contribution in [-0.4, -0.2) is 52.7 Å². The van der Waals surface area contributed by atoms with Gasteiger partial charge in [-0.3, -0.25) is 14.9 Å². The Morgan fingerprint density at radius 3 is 2.72 bits per heavy atom. The molecule has 2 aromatic rings. The van der Waals surface area contributed by atoms with Crippen molar-refractivity contribution in [1.82, 2.24) is 15.1 Å². The molecule has 154 valence electrons. The van der Waals surface area contributed by atoms with E-state index in [1.165, 1.54) is 11.3 Å². The Morgan fingerprint density at radius 2 is 2.03 bits per heavy atom. The molecule has 1 spiro atoms. The van der Waals surface area contributed by atoms with Crippen molar-refractivity contribution >= 4 is 28.3 Å². The molecule has 0 saturated heterocycles. The maximum Gasteiger partial charge on any atom is 0.254 e. The molecule has 1 saturated carbocycles. The van der Waals surface area contributed by atoms with Gasteiger partial charge in [-0.25, -0.2) is 0 Å². The molecule has 1 N–H and O–H groups in total. The molecule has 1 atom stereocenters. The van der Waals surface area contributed by atoms with Gasteiger partial charge in [0.05, 0.1) is 18.1 Å². The first-order valence-corrected chi connectivity index (χ1v) is 10.9. The van der Waals surface area contributed by atoms with Gasteiger partial charge in [0.1, 0.15) is 5.01 Å². The number of ether oxygens (including phenoxy) is 1. The highest BCUT2D eigenvalue weighted by Crippen LogP contribution is 2.49. The van der Waals surface area contributed by atoms with Crippen molar-refractivity contribution in [3.05, 3.63) is 40.4 Å². The summed E-state index contributed by atoms with van der Waals surface area (Å²) >= 11 is 1.36. The number of benzene rings is 1. The molecule has 29 heavy (non-hydrogen) atoms. The van der Waals surface area contributed by atoms with Gasteiger partial charge < -0.3 is 9.64 Å². The lowest BCUT2D eigenvalue weighted by atomic mass is 9.65. The molecule has 1 aromatic heterocycles. The summed E-state index contributed by atoms with van der Waals surface area (Å²) in [6.07, 6.45) is 4.74. The zero-order chi connectivity index (χ0) is 20.4. The minimum atomic E-state index is -0.536. The van der Waals surface area contributed by atoms with Crippen LogP contribution in [0.15, 0.2) is 24.3 Å². The minimum absolute atomic E-state index is 0.00430. The fourth-order valence-corrected chi connectivity index (χ4v) is 5.47. The van der Waals surface area contributed by atoms with E-state index in [4.69, 9.17) is 4.74 Å². The third kappa shape index (κ3) is 3.55. The van der Waals surface area contributed by atoms with Crippen LogP contribution in [0.3, 0.4) is 0 Å². The number of aryl methyl sites for hydroxylation is 1. The van der Waals surface area contributed by atoms with Gasteiger partial charge >= 0.3 is 0 Å². The van der Waals surface area contributed by atoms with E-state index in [1.54, 1.807) is 7.11 Å². The van der Waals surface area contributed by atoms with Gasteiger partial charge in [0.2, 0.25) is 11.0 Å². The van der Waals surface area contributed by atoms with E-state index >= 15 is 0 Å². The number of hydrogen-bond donors (Lipinski definition) is 1. The number of nitrogens with zero attached hydrogens (tertiary/aromatic N) is 3. The maximum atomic E-state index is 13.6. The molecule has 0 bridgehead atoms. The highest BCUT2D eigenvalue weighted by molar-refractivity contribution is 7.15. The topological polar surface area (TPSA) is 84.4 Å². The summed E-state index contributed by atoms with van der Waals surface area (Å²) in [5.74, 6) is -0.571. The van der Waals surface area contributed by atoms with Crippen molar-refractivity contribution in [3.8, 4) is 0 Å². The van der Waals surface area contributed by atoms with E-state index < -0.39 is 11.5 Å². The molecule has 2 aliphatic rings. The van der Waals surface area contributed by atoms with Crippen molar-refractivity contribution in [2.24, 2.45) is 0 Å². The van der Waals surface area contributed by atoms with Crippen LogP contribution >= 0.6 is 11.3 Å². The molecule has 7 nitrogen and oxygen atoms in total. The van der Waals surface area contributed by atoms with Crippen molar-refractivity contribution in [2.45, 2.75) is 50.5 Å². The van der Waals surface area contributed by atoms with Crippen LogP contribution in [0.2, 0.25) is 0 Å². The fourth-order valence-electron chi connectivity index (χ4n) is 4.88. The van der Waals surface area contributed by atoms with Crippen LogP contribution < -0.4 is 5.32 Å². The Labute approximate surface area is 174 Å². The van der Waals surface area contributed by atoms with E-state index in [2.05, 4.69) is 15.5 Å². The highest BCUT2D eigenvalue weighted by Gasteiger charge is 2.54. The van der Waals surface area contributed by atoms with Crippen molar-refractivity contribution in [3.63, 3.8) is 0 Å². The molecule has 1 fully saturated rings. The molecule has 4 rings (SSSR count). The van der Waals surface area contributed by atoms with Gasteiger partial charge in [-0.15, -0.1) is 10.2 Å². The number of aromatic nitrogens is 2.